The summed E-state index contributed by atoms with van der Waals surface area (Å²) >= 11 is 0. The molecule has 5 nitrogen and oxygen atoms in total. The lowest BCUT2D eigenvalue weighted by Crippen LogP contribution is -2.43. The smallest absolute Gasteiger partial charge is 0.410 e. The Morgan fingerprint density at radius 2 is 1.62 bits per heavy atom. The lowest BCUT2D eigenvalue weighted by molar-refractivity contribution is -0.133. The van der Waals surface area contributed by atoms with Gasteiger partial charge in [0, 0.05) is 33.1 Å². The average Bonchev–Trinajstić information content (AvgIpc) is 2.99. The number of carbonyl (C=O) groups excluding carboxylic acids is 2. The molecule has 0 atom stereocenters. The Hall–Kier alpha value is -1.26. The van der Waals surface area contributed by atoms with Gasteiger partial charge in [-0.3, -0.25) is 4.79 Å². The van der Waals surface area contributed by atoms with Gasteiger partial charge in [0.1, 0.15) is 5.60 Å². The molecule has 138 valence electrons. The van der Waals surface area contributed by atoms with Gasteiger partial charge in [-0.05, 0) is 58.3 Å². The first-order valence-corrected chi connectivity index (χ1v) is 9.46. The van der Waals surface area contributed by atoms with Crippen LogP contribution in [0.4, 0.5) is 4.79 Å². The van der Waals surface area contributed by atoms with Crippen LogP contribution >= 0.6 is 0 Å². The third kappa shape index (κ3) is 5.99. The fourth-order valence-corrected chi connectivity index (χ4v) is 3.76. The normalized spacial score (nSPS) is 20.2. The van der Waals surface area contributed by atoms with Gasteiger partial charge in [0.15, 0.2) is 0 Å². The maximum Gasteiger partial charge on any atom is 0.410 e. The van der Waals surface area contributed by atoms with Crippen molar-refractivity contribution in [3.8, 4) is 0 Å². The Labute approximate surface area is 146 Å². The van der Waals surface area contributed by atoms with Crippen molar-refractivity contribution in [3.63, 3.8) is 0 Å². The minimum Gasteiger partial charge on any atom is -0.444 e. The maximum atomic E-state index is 12.4. The molecule has 1 saturated carbocycles. The zero-order chi connectivity index (χ0) is 17.7. The van der Waals surface area contributed by atoms with Crippen LogP contribution in [0.15, 0.2) is 0 Å². The van der Waals surface area contributed by atoms with E-state index < -0.39 is 5.60 Å². The Bertz CT molecular complexity index is 430. The minimum absolute atomic E-state index is 0.262. The maximum absolute atomic E-state index is 12.4. The van der Waals surface area contributed by atoms with Crippen molar-refractivity contribution in [3.05, 3.63) is 0 Å². The first kappa shape index (κ1) is 19.1. The van der Waals surface area contributed by atoms with E-state index in [-0.39, 0.29) is 6.09 Å². The number of piperidine rings is 1. The highest BCUT2D eigenvalue weighted by atomic mass is 16.6. The van der Waals surface area contributed by atoms with Crippen molar-refractivity contribution in [2.24, 2.45) is 11.8 Å². The molecule has 2 aliphatic rings. The van der Waals surface area contributed by atoms with Crippen LogP contribution in [0, 0.1) is 11.8 Å². The fourth-order valence-electron chi connectivity index (χ4n) is 3.76. The molecule has 1 saturated heterocycles. The second-order valence-corrected chi connectivity index (χ2v) is 8.54. The van der Waals surface area contributed by atoms with Gasteiger partial charge in [0.05, 0.1) is 0 Å². The van der Waals surface area contributed by atoms with Crippen molar-refractivity contribution < 1.29 is 14.3 Å². The van der Waals surface area contributed by atoms with Gasteiger partial charge in [-0.1, -0.05) is 12.8 Å². The minimum atomic E-state index is -0.457. The van der Waals surface area contributed by atoms with E-state index in [1.165, 1.54) is 25.7 Å². The summed E-state index contributed by atoms with van der Waals surface area (Å²) in [6.45, 7) is 8.02. The largest absolute Gasteiger partial charge is 0.444 e. The second-order valence-electron chi connectivity index (χ2n) is 8.54. The highest BCUT2D eigenvalue weighted by molar-refractivity contribution is 5.76. The molecule has 24 heavy (non-hydrogen) atoms. The number of ether oxygens (including phenoxy) is 1. The molecule has 2 fully saturated rings. The Kier molecular flexibility index (Phi) is 6.53. The van der Waals surface area contributed by atoms with E-state index in [2.05, 4.69) is 0 Å². The monoisotopic (exact) mass is 338 g/mol. The van der Waals surface area contributed by atoms with Gasteiger partial charge >= 0.3 is 6.09 Å². The van der Waals surface area contributed by atoms with Crippen LogP contribution in [0.25, 0.3) is 0 Å². The first-order chi connectivity index (χ1) is 11.2. The molecule has 2 amide bonds. The molecule has 0 bridgehead atoms. The highest BCUT2D eigenvalue weighted by Crippen LogP contribution is 2.29. The SMILES string of the molecule is CN(CC1CCN(C(=O)CC2CCCC2)CC1)C(=O)OC(C)(C)C. The van der Waals surface area contributed by atoms with Gasteiger partial charge in [0.2, 0.25) is 5.91 Å². The predicted octanol–water partition coefficient (Wildman–Crippen LogP) is 3.67. The Balaban J connectivity index is 1.70. The number of likely N-dealkylation sites (tertiary alicyclic amines) is 1. The second kappa shape index (κ2) is 8.21. The van der Waals surface area contributed by atoms with E-state index in [4.69, 9.17) is 4.74 Å². The van der Waals surface area contributed by atoms with Gasteiger partial charge in [0.25, 0.3) is 0 Å². The lowest BCUT2D eigenvalue weighted by atomic mass is 9.95. The summed E-state index contributed by atoms with van der Waals surface area (Å²) < 4.78 is 5.40. The van der Waals surface area contributed by atoms with E-state index in [0.717, 1.165) is 32.4 Å². The van der Waals surface area contributed by atoms with Crippen LogP contribution in [-0.4, -0.2) is 54.1 Å². The molecule has 1 aliphatic heterocycles. The molecular formula is C19H34N2O3. The van der Waals surface area contributed by atoms with Crippen LogP contribution in [0.1, 0.15) is 65.7 Å². The van der Waals surface area contributed by atoms with Crippen LogP contribution in [0.3, 0.4) is 0 Å². The van der Waals surface area contributed by atoms with E-state index in [9.17, 15) is 9.59 Å². The molecule has 0 spiro atoms. The number of amides is 2. The van der Waals surface area contributed by atoms with Crippen LogP contribution in [0.5, 0.6) is 0 Å². The summed E-state index contributed by atoms with van der Waals surface area (Å²) in [6.07, 6.45) is 7.46. The van der Waals surface area contributed by atoms with E-state index >= 15 is 0 Å². The molecule has 0 radical (unpaired) electrons. The lowest BCUT2D eigenvalue weighted by Gasteiger charge is -2.34. The highest BCUT2D eigenvalue weighted by Gasteiger charge is 2.28. The van der Waals surface area contributed by atoms with Crippen molar-refractivity contribution in [1.82, 2.24) is 9.80 Å². The molecular weight excluding hydrogens is 304 g/mol. The number of nitrogens with zero attached hydrogens (tertiary/aromatic N) is 2. The third-order valence-corrected chi connectivity index (χ3v) is 5.14. The summed E-state index contributed by atoms with van der Waals surface area (Å²) in [6, 6.07) is 0. The summed E-state index contributed by atoms with van der Waals surface area (Å²) in [5, 5.41) is 0. The fraction of sp³-hybridized carbons (Fsp3) is 0.895. The standard InChI is InChI=1S/C19H34N2O3/c1-19(2,3)24-18(23)20(4)14-16-9-11-21(12-10-16)17(22)13-15-7-5-6-8-15/h15-16H,5-14H2,1-4H3. The Morgan fingerprint density at radius 1 is 1.04 bits per heavy atom. The van der Waals surface area contributed by atoms with Crippen molar-refractivity contribution in [2.75, 3.05) is 26.7 Å². The molecule has 1 aliphatic carbocycles. The van der Waals surface area contributed by atoms with E-state index in [1.54, 1.807) is 11.9 Å². The van der Waals surface area contributed by atoms with Gasteiger partial charge in [-0.25, -0.2) is 4.79 Å². The number of carbonyl (C=O) groups is 2. The summed E-state index contributed by atoms with van der Waals surface area (Å²) in [5.41, 5.74) is -0.457. The zero-order valence-electron chi connectivity index (χ0n) is 15.8. The number of hydrogen-bond acceptors (Lipinski definition) is 3. The molecule has 0 unspecified atom stereocenters. The van der Waals surface area contributed by atoms with E-state index in [0.29, 0.717) is 24.3 Å². The van der Waals surface area contributed by atoms with Gasteiger partial charge in [-0.15, -0.1) is 0 Å². The molecule has 5 heteroatoms. The number of hydrogen-bond donors (Lipinski definition) is 0. The molecule has 1 heterocycles. The summed E-state index contributed by atoms with van der Waals surface area (Å²) in [5.74, 6) is 1.41. The zero-order valence-corrected chi connectivity index (χ0v) is 15.8. The van der Waals surface area contributed by atoms with Gasteiger partial charge in [-0.2, -0.15) is 0 Å². The summed E-state index contributed by atoms with van der Waals surface area (Å²) in [4.78, 5) is 28.1. The first-order valence-electron chi connectivity index (χ1n) is 9.46. The average molecular weight is 338 g/mol. The predicted molar refractivity (Wildman–Crippen MR) is 94.7 cm³/mol. The van der Waals surface area contributed by atoms with Crippen LogP contribution in [0.2, 0.25) is 0 Å². The Morgan fingerprint density at radius 3 is 2.17 bits per heavy atom. The molecule has 0 N–H and O–H groups in total. The van der Waals surface area contributed by atoms with Crippen molar-refractivity contribution in [2.45, 2.75) is 71.3 Å². The quantitative estimate of drug-likeness (QED) is 0.786. The topological polar surface area (TPSA) is 49.9 Å². The molecule has 0 aromatic heterocycles. The van der Waals surface area contributed by atoms with Crippen molar-refractivity contribution >= 4 is 12.0 Å². The van der Waals surface area contributed by atoms with Crippen LogP contribution < -0.4 is 0 Å². The third-order valence-electron chi connectivity index (χ3n) is 5.14. The van der Waals surface area contributed by atoms with Gasteiger partial charge < -0.3 is 14.5 Å². The summed E-state index contributed by atoms with van der Waals surface area (Å²) in [7, 11) is 1.80. The molecule has 0 aromatic carbocycles. The van der Waals surface area contributed by atoms with Crippen LogP contribution in [-0.2, 0) is 9.53 Å². The number of rotatable bonds is 4. The molecule has 2 rings (SSSR count). The molecule has 0 aromatic rings. The van der Waals surface area contributed by atoms with E-state index in [1.807, 2.05) is 25.7 Å². The van der Waals surface area contributed by atoms with Crippen molar-refractivity contribution in [1.29, 1.82) is 0 Å².